The molecule has 5 nitrogen and oxygen atoms in total. The molecule has 0 radical (unpaired) electrons. The third-order valence-corrected chi connectivity index (χ3v) is 3.67. The predicted octanol–water partition coefficient (Wildman–Crippen LogP) is 3.86. The molecule has 1 aromatic carbocycles. The van der Waals surface area contributed by atoms with E-state index in [1.165, 1.54) is 0 Å². The lowest BCUT2D eigenvalue weighted by Crippen LogP contribution is -2.22. The zero-order valence-corrected chi connectivity index (χ0v) is 12.8. The lowest BCUT2D eigenvalue weighted by atomic mass is 9.81. The highest BCUT2D eigenvalue weighted by atomic mass is 16.6. The van der Waals surface area contributed by atoms with E-state index in [2.05, 4.69) is 34.4 Å². The van der Waals surface area contributed by atoms with Gasteiger partial charge in [0.2, 0.25) is 0 Å². The number of para-hydroxylation sites is 1. The number of carbonyl (C=O) groups excluding carboxylic acids is 1. The van der Waals surface area contributed by atoms with Gasteiger partial charge >= 0.3 is 6.09 Å². The Morgan fingerprint density at radius 2 is 2.00 bits per heavy atom. The Morgan fingerprint density at radius 3 is 2.65 bits per heavy atom. The minimum Gasteiger partial charge on any atom is -0.410 e. The van der Waals surface area contributed by atoms with Gasteiger partial charge in [0, 0.05) is 5.41 Å². The molecule has 0 aliphatic heterocycles. The molecule has 1 atom stereocenters. The molecule has 116 valence electrons. The zero-order valence-electron chi connectivity index (χ0n) is 12.8. The molecule has 1 N–H and O–H groups in total. The van der Waals surface area contributed by atoms with Crippen LogP contribution in [0.3, 0.4) is 0 Å². The minimum absolute atomic E-state index is 0.162. The third kappa shape index (κ3) is 3.63. The average Bonchev–Trinajstić information content (AvgIpc) is 2.57. The van der Waals surface area contributed by atoms with Gasteiger partial charge in [0.05, 0.1) is 18.1 Å². The summed E-state index contributed by atoms with van der Waals surface area (Å²) in [5, 5.41) is 2.57. The molecule has 1 aromatic heterocycles. The first-order valence-corrected chi connectivity index (χ1v) is 7.36. The van der Waals surface area contributed by atoms with Crippen molar-refractivity contribution >= 4 is 11.9 Å². The SMILES string of the molecule is CC1(c2cnc(NC(=O)Oc3ccccc3)cn2)C=CC=CC1. The van der Waals surface area contributed by atoms with Crippen molar-refractivity contribution in [1.29, 1.82) is 0 Å². The number of carbonyl (C=O) groups is 1. The van der Waals surface area contributed by atoms with E-state index >= 15 is 0 Å². The molecule has 0 saturated heterocycles. The van der Waals surface area contributed by atoms with Crippen molar-refractivity contribution in [2.75, 3.05) is 5.32 Å². The number of hydrogen-bond donors (Lipinski definition) is 1. The first-order valence-electron chi connectivity index (χ1n) is 7.36. The topological polar surface area (TPSA) is 64.1 Å². The highest BCUT2D eigenvalue weighted by Gasteiger charge is 2.25. The van der Waals surface area contributed by atoms with Crippen LogP contribution in [0.5, 0.6) is 5.75 Å². The van der Waals surface area contributed by atoms with Crippen LogP contribution in [0.25, 0.3) is 0 Å². The molecule has 0 bridgehead atoms. The van der Waals surface area contributed by atoms with Gasteiger partial charge in [-0.25, -0.2) is 9.78 Å². The summed E-state index contributed by atoms with van der Waals surface area (Å²) >= 11 is 0. The van der Waals surface area contributed by atoms with Crippen LogP contribution in [0.2, 0.25) is 0 Å². The zero-order chi connectivity index (χ0) is 16.1. The number of nitrogens with zero attached hydrogens (tertiary/aromatic N) is 2. The fourth-order valence-corrected chi connectivity index (χ4v) is 2.33. The fraction of sp³-hybridized carbons (Fsp3) is 0.167. The molecular formula is C18H17N3O2. The Morgan fingerprint density at radius 1 is 1.17 bits per heavy atom. The lowest BCUT2D eigenvalue weighted by Gasteiger charge is -2.25. The van der Waals surface area contributed by atoms with Gasteiger partial charge in [0.25, 0.3) is 0 Å². The number of nitrogens with one attached hydrogen (secondary N) is 1. The molecule has 1 heterocycles. The quantitative estimate of drug-likeness (QED) is 0.935. The van der Waals surface area contributed by atoms with Crippen molar-refractivity contribution in [2.45, 2.75) is 18.8 Å². The molecule has 3 rings (SSSR count). The Labute approximate surface area is 134 Å². The molecule has 1 amide bonds. The van der Waals surface area contributed by atoms with Gasteiger partial charge in [-0.05, 0) is 18.6 Å². The van der Waals surface area contributed by atoms with Gasteiger partial charge in [0.15, 0.2) is 5.82 Å². The molecule has 23 heavy (non-hydrogen) atoms. The standard InChI is InChI=1S/C18H17N3O2/c1-18(10-6-3-7-11-18)15-12-20-16(13-19-15)21-17(22)23-14-8-4-2-5-9-14/h2-10,12-13H,11H2,1H3,(H,20,21,22). The molecule has 1 aliphatic rings. The Hall–Kier alpha value is -2.95. The lowest BCUT2D eigenvalue weighted by molar-refractivity contribution is 0.215. The first-order chi connectivity index (χ1) is 11.2. The second-order valence-corrected chi connectivity index (χ2v) is 5.52. The number of anilines is 1. The maximum Gasteiger partial charge on any atom is 0.418 e. The smallest absolute Gasteiger partial charge is 0.410 e. The van der Waals surface area contributed by atoms with E-state index in [0.717, 1.165) is 12.1 Å². The third-order valence-electron chi connectivity index (χ3n) is 3.67. The summed E-state index contributed by atoms with van der Waals surface area (Å²) in [4.78, 5) is 20.5. The molecule has 0 spiro atoms. The molecule has 0 saturated carbocycles. The Balaban J connectivity index is 1.65. The van der Waals surface area contributed by atoms with E-state index in [1.807, 2.05) is 18.2 Å². The second-order valence-electron chi connectivity index (χ2n) is 5.52. The van der Waals surface area contributed by atoms with Crippen LogP contribution >= 0.6 is 0 Å². The van der Waals surface area contributed by atoms with Crippen molar-refractivity contribution < 1.29 is 9.53 Å². The maximum atomic E-state index is 11.8. The summed E-state index contributed by atoms with van der Waals surface area (Å²) in [5.74, 6) is 0.829. The van der Waals surface area contributed by atoms with Crippen LogP contribution in [0.4, 0.5) is 10.6 Å². The van der Waals surface area contributed by atoms with E-state index in [-0.39, 0.29) is 5.41 Å². The van der Waals surface area contributed by atoms with Crippen molar-refractivity contribution in [3.63, 3.8) is 0 Å². The summed E-state index contributed by atoms with van der Waals surface area (Å²) in [5.41, 5.74) is 0.699. The van der Waals surface area contributed by atoms with Crippen molar-refractivity contribution in [1.82, 2.24) is 9.97 Å². The van der Waals surface area contributed by atoms with E-state index in [0.29, 0.717) is 11.6 Å². The van der Waals surface area contributed by atoms with Crippen LogP contribution in [0, 0.1) is 0 Å². The Kier molecular flexibility index (Phi) is 4.19. The molecule has 5 heteroatoms. The van der Waals surface area contributed by atoms with E-state index < -0.39 is 6.09 Å². The van der Waals surface area contributed by atoms with Crippen molar-refractivity contribution in [3.8, 4) is 5.75 Å². The van der Waals surface area contributed by atoms with E-state index in [1.54, 1.807) is 36.7 Å². The molecule has 2 aromatic rings. The number of benzene rings is 1. The maximum absolute atomic E-state index is 11.8. The van der Waals surface area contributed by atoms with E-state index in [9.17, 15) is 4.79 Å². The normalized spacial score (nSPS) is 19.3. The number of aromatic nitrogens is 2. The number of hydrogen-bond acceptors (Lipinski definition) is 4. The van der Waals surface area contributed by atoms with Gasteiger partial charge in [-0.15, -0.1) is 0 Å². The first kappa shape index (κ1) is 15.0. The molecule has 1 aliphatic carbocycles. The van der Waals surface area contributed by atoms with Crippen LogP contribution in [0.1, 0.15) is 19.0 Å². The summed E-state index contributed by atoms with van der Waals surface area (Å²) in [6, 6.07) is 8.86. The summed E-state index contributed by atoms with van der Waals surface area (Å²) < 4.78 is 5.15. The number of allylic oxidation sites excluding steroid dienone is 4. The van der Waals surface area contributed by atoms with Crippen molar-refractivity contribution in [3.05, 3.63) is 72.7 Å². The molecule has 1 unspecified atom stereocenters. The number of rotatable bonds is 3. The highest BCUT2D eigenvalue weighted by molar-refractivity contribution is 5.84. The van der Waals surface area contributed by atoms with Gasteiger partial charge < -0.3 is 4.74 Å². The largest absolute Gasteiger partial charge is 0.418 e. The predicted molar refractivity (Wildman–Crippen MR) is 88.4 cm³/mol. The summed E-state index contributed by atoms with van der Waals surface area (Å²) in [6.07, 6.45) is 11.7. The van der Waals surface area contributed by atoms with Crippen LogP contribution in [0.15, 0.2) is 67.0 Å². The minimum atomic E-state index is -0.593. The van der Waals surface area contributed by atoms with Crippen LogP contribution < -0.4 is 10.1 Å². The van der Waals surface area contributed by atoms with Gasteiger partial charge in [-0.2, -0.15) is 0 Å². The average molecular weight is 307 g/mol. The molecular weight excluding hydrogens is 290 g/mol. The van der Waals surface area contributed by atoms with E-state index in [4.69, 9.17) is 4.74 Å². The van der Waals surface area contributed by atoms with Gasteiger partial charge in [-0.1, -0.05) is 49.4 Å². The number of amides is 1. The monoisotopic (exact) mass is 307 g/mol. The van der Waals surface area contributed by atoms with Gasteiger partial charge in [0.1, 0.15) is 5.75 Å². The highest BCUT2D eigenvalue weighted by Crippen LogP contribution is 2.30. The summed E-state index contributed by atoms with van der Waals surface area (Å²) in [7, 11) is 0. The van der Waals surface area contributed by atoms with Crippen molar-refractivity contribution in [2.24, 2.45) is 0 Å². The van der Waals surface area contributed by atoms with Gasteiger partial charge in [-0.3, -0.25) is 10.3 Å². The molecule has 0 fully saturated rings. The summed E-state index contributed by atoms with van der Waals surface area (Å²) in [6.45, 7) is 2.10. The Bertz CT molecular complexity index is 739. The fourth-order valence-electron chi connectivity index (χ4n) is 2.33. The number of ether oxygens (including phenoxy) is 1. The van der Waals surface area contributed by atoms with Crippen LogP contribution in [-0.2, 0) is 5.41 Å². The van der Waals surface area contributed by atoms with Crippen LogP contribution in [-0.4, -0.2) is 16.1 Å². The second kappa shape index (κ2) is 6.44.